The van der Waals surface area contributed by atoms with Crippen LogP contribution in [-0.4, -0.2) is 18.9 Å². The number of nitrogens with one attached hydrogen (secondary N) is 2. The molecule has 0 radical (unpaired) electrons. The first-order valence-corrected chi connectivity index (χ1v) is 8.70. The number of hydrogen-bond acceptors (Lipinski definition) is 4. The van der Waals surface area contributed by atoms with Crippen molar-refractivity contribution in [3.05, 3.63) is 89.0 Å². The van der Waals surface area contributed by atoms with Gasteiger partial charge in [0.05, 0.1) is 13.4 Å². The third-order valence-corrected chi connectivity index (χ3v) is 4.03. The Morgan fingerprint density at radius 1 is 1.04 bits per heavy atom. The highest BCUT2D eigenvalue weighted by atomic mass is 35.5. The molecule has 0 saturated heterocycles. The molecule has 28 heavy (non-hydrogen) atoms. The molecule has 0 bridgehead atoms. The number of halogens is 1. The molecule has 0 saturated carbocycles. The summed E-state index contributed by atoms with van der Waals surface area (Å²) in [5, 5.41) is 5.86. The van der Waals surface area contributed by atoms with Crippen LogP contribution in [0.15, 0.2) is 77.0 Å². The van der Waals surface area contributed by atoms with Crippen LogP contribution in [-0.2, 0) is 4.79 Å². The van der Waals surface area contributed by atoms with Crippen LogP contribution < -0.4 is 15.4 Å². The van der Waals surface area contributed by atoms with Gasteiger partial charge in [0.15, 0.2) is 0 Å². The normalized spacial score (nSPS) is 11.0. The van der Waals surface area contributed by atoms with Crippen molar-refractivity contribution in [2.24, 2.45) is 0 Å². The van der Waals surface area contributed by atoms with Crippen LogP contribution in [0.1, 0.15) is 16.1 Å². The van der Waals surface area contributed by atoms with Gasteiger partial charge in [0.2, 0.25) is 0 Å². The van der Waals surface area contributed by atoms with E-state index >= 15 is 0 Å². The summed E-state index contributed by atoms with van der Waals surface area (Å²) in [7, 11) is 1.56. The van der Waals surface area contributed by atoms with Crippen LogP contribution in [0.2, 0.25) is 5.02 Å². The summed E-state index contributed by atoms with van der Waals surface area (Å²) in [6.07, 6.45) is 2.93. The van der Waals surface area contributed by atoms with Crippen LogP contribution in [0, 0.1) is 0 Å². The summed E-state index contributed by atoms with van der Waals surface area (Å²) < 4.78 is 10.4. The molecule has 0 aliphatic heterocycles. The van der Waals surface area contributed by atoms with Gasteiger partial charge in [-0.2, -0.15) is 0 Å². The Morgan fingerprint density at radius 3 is 2.36 bits per heavy atom. The van der Waals surface area contributed by atoms with Gasteiger partial charge in [-0.25, -0.2) is 0 Å². The van der Waals surface area contributed by atoms with Crippen molar-refractivity contribution in [1.29, 1.82) is 0 Å². The van der Waals surface area contributed by atoms with E-state index in [1.165, 1.54) is 12.3 Å². The molecular weight excluding hydrogens is 380 g/mol. The van der Waals surface area contributed by atoms with Crippen LogP contribution in [0.4, 0.5) is 5.69 Å². The van der Waals surface area contributed by atoms with E-state index < -0.39 is 11.8 Å². The number of carbonyl (C=O) groups is 2. The molecule has 0 atom stereocenters. The monoisotopic (exact) mass is 396 g/mol. The van der Waals surface area contributed by atoms with Crippen LogP contribution in [0.25, 0.3) is 6.08 Å². The lowest BCUT2D eigenvalue weighted by Gasteiger charge is -2.11. The van der Waals surface area contributed by atoms with E-state index in [1.54, 1.807) is 67.8 Å². The fourth-order valence-electron chi connectivity index (χ4n) is 2.34. The van der Waals surface area contributed by atoms with Gasteiger partial charge in [-0.1, -0.05) is 11.6 Å². The summed E-state index contributed by atoms with van der Waals surface area (Å²) in [4.78, 5) is 25.2. The minimum Gasteiger partial charge on any atom is -0.497 e. The summed E-state index contributed by atoms with van der Waals surface area (Å²) in [5.41, 5.74) is 0.953. The van der Waals surface area contributed by atoms with E-state index in [0.29, 0.717) is 27.8 Å². The molecule has 1 heterocycles. The number of furan rings is 1. The van der Waals surface area contributed by atoms with Crippen molar-refractivity contribution >= 4 is 35.2 Å². The molecule has 3 rings (SSSR count). The second-order valence-corrected chi connectivity index (χ2v) is 6.15. The van der Waals surface area contributed by atoms with Crippen molar-refractivity contribution < 1.29 is 18.7 Å². The minimum atomic E-state index is -0.496. The Kier molecular flexibility index (Phi) is 6.14. The predicted molar refractivity (Wildman–Crippen MR) is 107 cm³/mol. The van der Waals surface area contributed by atoms with Gasteiger partial charge < -0.3 is 19.8 Å². The molecule has 0 fully saturated rings. The first-order chi connectivity index (χ1) is 13.5. The number of carbonyl (C=O) groups excluding carboxylic acids is 2. The van der Waals surface area contributed by atoms with Gasteiger partial charge >= 0.3 is 0 Å². The second kappa shape index (κ2) is 8.92. The smallest absolute Gasteiger partial charge is 0.272 e. The third kappa shape index (κ3) is 5.02. The Bertz CT molecular complexity index is 978. The summed E-state index contributed by atoms with van der Waals surface area (Å²) in [6, 6.07) is 16.5. The molecule has 2 N–H and O–H groups in total. The maximum Gasteiger partial charge on any atom is 0.272 e. The predicted octanol–water partition coefficient (Wildman–Crippen LogP) is 4.35. The number of hydrogen-bond donors (Lipinski definition) is 2. The van der Waals surface area contributed by atoms with E-state index in [1.807, 2.05) is 0 Å². The number of anilines is 1. The molecule has 2 amide bonds. The quantitative estimate of drug-likeness (QED) is 0.607. The van der Waals surface area contributed by atoms with Gasteiger partial charge in [0.25, 0.3) is 11.8 Å². The fraction of sp³-hybridized carbons (Fsp3) is 0.0476. The minimum absolute atomic E-state index is 0.0331. The molecule has 0 aliphatic rings. The molecule has 3 aromatic rings. The summed E-state index contributed by atoms with van der Waals surface area (Å²) in [6.45, 7) is 0. The molecule has 0 spiro atoms. The second-order valence-electron chi connectivity index (χ2n) is 5.72. The zero-order valence-corrected chi connectivity index (χ0v) is 15.7. The molecule has 7 heteroatoms. The molecule has 0 unspecified atom stereocenters. The van der Waals surface area contributed by atoms with Gasteiger partial charge in [-0.15, -0.1) is 0 Å². The third-order valence-electron chi connectivity index (χ3n) is 3.78. The van der Waals surface area contributed by atoms with E-state index in [4.69, 9.17) is 20.8 Å². The SMILES string of the molecule is COc1ccc(NC(=O)C(=Cc2ccco2)NC(=O)c2ccc(Cl)cc2)cc1. The summed E-state index contributed by atoms with van der Waals surface area (Å²) >= 11 is 5.85. The maximum atomic E-state index is 12.7. The molecule has 142 valence electrons. The fourth-order valence-corrected chi connectivity index (χ4v) is 2.47. The highest BCUT2D eigenvalue weighted by Gasteiger charge is 2.16. The van der Waals surface area contributed by atoms with E-state index in [9.17, 15) is 9.59 Å². The molecular formula is C21H17ClN2O4. The number of rotatable bonds is 6. The van der Waals surface area contributed by atoms with E-state index in [2.05, 4.69) is 10.6 Å². The number of ether oxygens (including phenoxy) is 1. The Hall–Kier alpha value is -3.51. The molecule has 0 aliphatic carbocycles. The van der Waals surface area contributed by atoms with Crippen LogP contribution >= 0.6 is 11.6 Å². The highest BCUT2D eigenvalue weighted by molar-refractivity contribution is 6.30. The first kappa shape index (κ1) is 19.3. The Balaban J connectivity index is 1.80. The molecule has 1 aromatic heterocycles. The lowest BCUT2D eigenvalue weighted by Crippen LogP contribution is -2.30. The Morgan fingerprint density at radius 2 is 1.75 bits per heavy atom. The standard InChI is InChI=1S/C21H17ClN2O4/c1-27-17-10-8-16(9-11-17)23-21(26)19(13-18-3-2-12-28-18)24-20(25)14-4-6-15(22)7-5-14/h2-13H,1H3,(H,23,26)(H,24,25). The zero-order chi connectivity index (χ0) is 19.9. The van der Waals surface area contributed by atoms with Gasteiger partial charge in [0.1, 0.15) is 17.2 Å². The largest absolute Gasteiger partial charge is 0.497 e. The van der Waals surface area contributed by atoms with Gasteiger partial charge in [-0.3, -0.25) is 9.59 Å². The first-order valence-electron chi connectivity index (χ1n) is 8.32. The lowest BCUT2D eigenvalue weighted by atomic mass is 10.2. The number of methoxy groups -OCH3 is 1. The Labute approximate surface area is 166 Å². The van der Waals surface area contributed by atoms with Crippen molar-refractivity contribution in [3.63, 3.8) is 0 Å². The maximum absolute atomic E-state index is 12.7. The molecule has 2 aromatic carbocycles. The van der Waals surface area contributed by atoms with E-state index in [-0.39, 0.29) is 5.70 Å². The number of benzene rings is 2. The number of amides is 2. The van der Waals surface area contributed by atoms with Crippen molar-refractivity contribution in [3.8, 4) is 5.75 Å². The highest BCUT2D eigenvalue weighted by Crippen LogP contribution is 2.16. The average Bonchev–Trinajstić information content (AvgIpc) is 3.21. The average molecular weight is 397 g/mol. The van der Waals surface area contributed by atoms with Crippen LogP contribution in [0.3, 0.4) is 0 Å². The van der Waals surface area contributed by atoms with Crippen molar-refractivity contribution in [2.45, 2.75) is 0 Å². The van der Waals surface area contributed by atoms with Gasteiger partial charge in [0, 0.05) is 22.3 Å². The zero-order valence-electron chi connectivity index (χ0n) is 14.9. The van der Waals surface area contributed by atoms with Gasteiger partial charge in [-0.05, 0) is 60.7 Å². The lowest BCUT2D eigenvalue weighted by molar-refractivity contribution is -0.113. The summed E-state index contributed by atoms with van der Waals surface area (Å²) in [5.74, 6) is 0.153. The van der Waals surface area contributed by atoms with Crippen LogP contribution in [0.5, 0.6) is 5.75 Å². The van der Waals surface area contributed by atoms with E-state index in [0.717, 1.165) is 0 Å². The van der Waals surface area contributed by atoms with Crippen molar-refractivity contribution in [2.75, 3.05) is 12.4 Å². The van der Waals surface area contributed by atoms with Crippen molar-refractivity contribution in [1.82, 2.24) is 5.32 Å². The topological polar surface area (TPSA) is 80.6 Å². The molecule has 6 nitrogen and oxygen atoms in total.